The van der Waals surface area contributed by atoms with Gasteiger partial charge in [-0.3, -0.25) is 0 Å². The maximum Gasteiger partial charge on any atom is 0.187 e. The van der Waals surface area contributed by atoms with E-state index in [0.29, 0.717) is 48.3 Å². The molecule has 0 unspecified atom stereocenters. The van der Waals surface area contributed by atoms with E-state index in [0.717, 1.165) is 45.1 Å². The van der Waals surface area contributed by atoms with Crippen LogP contribution in [0.1, 0.15) is 92.4 Å². The lowest BCUT2D eigenvalue weighted by Gasteiger charge is -2.58. The van der Waals surface area contributed by atoms with Crippen LogP contribution in [0, 0.1) is 46.3 Å². The molecular formula is C44H70O16. The third kappa shape index (κ3) is 7.10. The summed E-state index contributed by atoms with van der Waals surface area (Å²) >= 11 is 0. The molecule has 5 heterocycles. The fourth-order valence-corrected chi connectivity index (χ4v) is 13.8. The van der Waals surface area contributed by atoms with Crippen molar-refractivity contribution < 1.29 is 78.7 Å². The van der Waals surface area contributed by atoms with Crippen molar-refractivity contribution in [2.75, 3.05) is 19.8 Å². The smallest absolute Gasteiger partial charge is 0.187 e. The predicted molar refractivity (Wildman–Crippen MR) is 208 cm³/mol. The summed E-state index contributed by atoms with van der Waals surface area (Å²) < 4.78 is 50.2. The average Bonchev–Trinajstić information content (AvgIpc) is 3.79. The van der Waals surface area contributed by atoms with Gasteiger partial charge in [-0.05, 0) is 98.7 Å². The topological polar surface area (TPSA) is 236 Å². The molecule has 16 heteroatoms. The molecule has 0 aromatic rings. The first-order valence-corrected chi connectivity index (χ1v) is 22.8. The van der Waals surface area contributed by atoms with Crippen LogP contribution in [0.25, 0.3) is 0 Å². The van der Waals surface area contributed by atoms with Crippen molar-refractivity contribution >= 4 is 0 Å². The van der Waals surface area contributed by atoms with Crippen LogP contribution >= 0.6 is 0 Å². The number of aliphatic hydroxyl groups is 8. The fraction of sp³-hybridized carbons (Fsp3) is 0.955. The van der Waals surface area contributed by atoms with E-state index in [2.05, 4.69) is 33.8 Å². The summed E-state index contributed by atoms with van der Waals surface area (Å²) in [5.74, 6) is 2.62. The van der Waals surface area contributed by atoms with Gasteiger partial charge in [0.05, 0.1) is 38.1 Å². The number of fused-ring (bicyclic) bond motifs is 7. The van der Waals surface area contributed by atoms with E-state index in [-0.39, 0.29) is 23.0 Å². The molecule has 8 fully saturated rings. The maximum absolute atomic E-state index is 11.5. The third-order valence-electron chi connectivity index (χ3n) is 17.3. The van der Waals surface area contributed by atoms with Crippen molar-refractivity contribution in [1.29, 1.82) is 0 Å². The summed E-state index contributed by atoms with van der Waals surface area (Å²) in [4.78, 5) is 0. The van der Waals surface area contributed by atoms with Gasteiger partial charge in [0, 0.05) is 12.3 Å². The molecule has 8 N–H and O–H groups in total. The maximum atomic E-state index is 11.5. The zero-order chi connectivity index (χ0) is 42.6. The Hall–Kier alpha value is -0.900. The Balaban J connectivity index is 0.933. The Morgan fingerprint density at radius 3 is 2.08 bits per heavy atom. The highest BCUT2D eigenvalue weighted by molar-refractivity contribution is 5.26. The van der Waals surface area contributed by atoms with Crippen molar-refractivity contribution in [3.8, 4) is 0 Å². The molecule has 0 amide bonds. The molecule has 3 saturated carbocycles. The second-order valence-electron chi connectivity index (χ2n) is 20.6. The largest absolute Gasteiger partial charge is 0.394 e. The molecule has 0 bridgehead atoms. The lowest BCUT2D eigenvalue weighted by atomic mass is 9.47. The van der Waals surface area contributed by atoms with Crippen molar-refractivity contribution in [3.05, 3.63) is 11.6 Å². The summed E-state index contributed by atoms with van der Waals surface area (Å²) in [6, 6.07) is 0. The van der Waals surface area contributed by atoms with Gasteiger partial charge in [-0.2, -0.15) is 0 Å². The van der Waals surface area contributed by atoms with E-state index in [4.69, 9.17) is 37.9 Å². The highest BCUT2D eigenvalue weighted by Gasteiger charge is 2.69. The molecule has 1 spiro atoms. The van der Waals surface area contributed by atoms with Crippen LogP contribution in [-0.4, -0.2) is 165 Å². The number of allylic oxidation sites excluding steroid dienone is 1. The van der Waals surface area contributed by atoms with Crippen LogP contribution in [0.15, 0.2) is 11.6 Å². The normalized spacial score (nSPS) is 57.7. The van der Waals surface area contributed by atoms with Gasteiger partial charge in [0.1, 0.15) is 61.0 Å². The second-order valence-corrected chi connectivity index (χ2v) is 20.6. The Morgan fingerprint density at radius 1 is 0.700 bits per heavy atom. The van der Waals surface area contributed by atoms with Gasteiger partial charge in [0.15, 0.2) is 24.7 Å². The highest BCUT2D eigenvalue weighted by atomic mass is 16.8. The van der Waals surface area contributed by atoms with E-state index in [1.807, 2.05) is 0 Å². The molecule has 5 saturated heterocycles. The summed E-state index contributed by atoms with van der Waals surface area (Å²) in [7, 11) is 0. The van der Waals surface area contributed by atoms with E-state index >= 15 is 0 Å². The number of hydrogen-bond donors (Lipinski definition) is 8. The molecule has 60 heavy (non-hydrogen) atoms. The van der Waals surface area contributed by atoms with Crippen LogP contribution in [0.3, 0.4) is 0 Å². The molecule has 0 radical (unpaired) electrons. The van der Waals surface area contributed by atoms with Crippen LogP contribution in [0.2, 0.25) is 0 Å². The molecule has 0 aromatic heterocycles. The van der Waals surface area contributed by atoms with Crippen molar-refractivity contribution in [2.24, 2.45) is 46.3 Å². The van der Waals surface area contributed by atoms with Crippen molar-refractivity contribution in [2.45, 2.75) is 196 Å². The minimum atomic E-state index is -1.72. The molecule has 4 aliphatic carbocycles. The SMILES string of the molecule is C[C@@H]1CC[C@@]2(OC1)O[C@H]1C[C@H]3[C@@H]4CC=C5C[C@@H](O[C@@H]6O[C@H](CO)[C@@H](O)[C@H](O[C@H]7O[C@@H](CO)[C@H](O)[C@H]7O)[C@H]6O[C@@H]6O[C@@H](C)[C@H](O)[C@@H](O)[C@H]6O)CC[C@]5(C)[C@H]4CC[C@]3(C)[C@H]1[C@@H]2C. The second kappa shape index (κ2) is 16.5. The minimum absolute atomic E-state index is 0.0237. The summed E-state index contributed by atoms with van der Waals surface area (Å²) in [6.07, 6.45) is -9.04. The third-order valence-corrected chi connectivity index (χ3v) is 17.3. The van der Waals surface area contributed by atoms with E-state index < -0.39 is 105 Å². The molecule has 5 aliphatic heterocycles. The van der Waals surface area contributed by atoms with Gasteiger partial charge >= 0.3 is 0 Å². The van der Waals surface area contributed by atoms with E-state index in [9.17, 15) is 40.9 Å². The lowest BCUT2D eigenvalue weighted by Crippen LogP contribution is -2.65. The molecule has 9 rings (SSSR count). The van der Waals surface area contributed by atoms with Crippen LogP contribution < -0.4 is 0 Å². The first kappa shape index (κ1) is 44.3. The van der Waals surface area contributed by atoms with E-state index in [1.165, 1.54) is 18.9 Å². The molecule has 16 nitrogen and oxygen atoms in total. The first-order chi connectivity index (χ1) is 28.5. The van der Waals surface area contributed by atoms with Crippen molar-refractivity contribution in [3.63, 3.8) is 0 Å². The van der Waals surface area contributed by atoms with Gasteiger partial charge in [-0.25, -0.2) is 0 Å². The van der Waals surface area contributed by atoms with Gasteiger partial charge < -0.3 is 78.7 Å². The van der Waals surface area contributed by atoms with Gasteiger partial charge in [-0.1, -0.05) is 39.3 Å². The Labute approximate surface area is 352 Å². The van der Waals surface area contributed by atoms with Gasteiger partial charge in [0.25, 0.3) is 0 Å². The Kier molecular flexibility index (Phi) is 12.2. The van der Waals surface area contributed by atoms with E-state index in [1.54, 1.807) is 0 Å². The summed E-state index contributed by atoms with van der Waals surface area (Å²) in [5.41, 5.74) is 1.52. The minimum Gasteiger partial charge on any atom is -0.394 e. The highest BCUT2D eigenvalue weighted by Crippen LogP contribution is 2.70. The number of ether oxygens (including phenoxy) is 8. The van der Waals surface area contributed by atoms with Crippen LogP contribution in [-0.2, 0) is 37.9 Å². The number of hydrogen-bond acceptors (Lipinski definition) is 16. The fourth-order valence-electron chi connectivity index (χ4n) is 13.8. The lowest BCUT2D eigenvalue weighted by molar-refractivity contribution is -0.383. The molecule has 25 atom stereocenters. The Morgan fingerprint density at radius 2 is 1.38 bits per heavy atom. The number of rotatable bonds is 8. The van der Waals surface area contributed by atoms with Gasteiger partial charge in [0.2, 0.25) is 0 Å². The molecule has 342 valence electrons. The molecule has 0 aromatic carbocycles. The summed E-state index contributed by atoms with van der Waals surface area (Å²) in [6.45, 7) is 10.6. The molecular weight excluding hydrogens is 784 g/mol. The summed E-state index contributed by atoms with van der Waals surface area (Å²) in [5, 5.41) is 84.8. The molecule has 9 aliphatic rings. The number of aliphatic hydroxyl groups excluding tert-OH is 8. The standard InChI is InChI=1S/C44H70O16/c1-19-8-13-44(53-18-19)20(2)30-27(60-44)15-26-24-7-6-22-14-23(9-11-42(22,4)25(24)10-12-43(26,30)5)55-41-38(59-39-36(52)34(50)31(47)21(3)54-39)37(33(49)29(17-46)57-41)58-40-35(51)32(48)28(16-45)56-40/h6,19-21,23-41,45-52H,7-18H2,1-5H3/t19-,20+,21+,23+,24-,25+,26+,27+,28+,29-,30+,31+,32+,33-,34-,35-,36-,37+,38-,39+,40-,41-,42+,43+,44-/m1/s1. The average molecular weight is 855 g/mol. The first-order valence-electron chi connectivity index (χ1n) is 22.8. The quantitative estimate of drug-likeness (QED) is 0.158. The van der Waals surface area contributed by atoms with Crippen LogP contribution in [0.4, 0.5) is 0 Å². The zero-order valence-corrected chi connectivity index (χ0v) is 35.6. The predicted octanol–water partition coefficient (Wildman–Crippen LogP) is 0.853. The zero-order valence-electron chi connectivity index (χ0n) is 35.6. The monoisotopic (exact) mass is 854 g/mol. The van der Waals surface area contributed by atoms with Gasteiger partial charge in [-0.15, -0.1) is 0 Å². The van der Waals surface area contributed by atoms with Crippen LogP contribution in [0.5, 0.6) is 0 Å². The van der Waals surface area contributed by atoms with Crippen molar-refractivity contribution in [1.82, 2.24) is 0 Å². The Bertz CT molecular complexity index is 1560.